The van der Waals surface area contributed by atoms with Gasteiger partial charge in [0.1, 0.15) is 10.7 Å². The fourth-order valence-electron chi connectivity index (χ4n) is 4.16. The Morgan fingerprint density at radius 2 is 1.77 bits per heavy atom. The molecule has 1 N–H and O–H groups in total. The predicted molar refractivity (Wildman–Crippen MR) is 141 cm³/mol. The number of amides is 1. The van der Waals surface area contributed by atoms with E-state index in [-0.39, 0.29) is 5.69 Å². The molecule has 4 rings (SSSR count). The maximum absolute atomic E-state index is 14.5. The molecule has 0 saturated carbocycles. The highest BCUT2D eigenvalue weighted by Gasteiger charge is 2.28. The van der Waals surface area contributed by atoms with E-state index in [4.69, 9.17) is 16.3 Å². The normalized spacial score (nSPS) is 17.4. The second-order valence-corrected chi connectivity index (χ2v) is 8.00. The molecule has 7 nitrogen and oxygen atoms in total. The molecule has 1 aliphatic carbocycles. The van der Waals surface area contributed by atoms with Crippen molar-refractivity contribution in [3.05, 3.63) is 52.7 Å². The van der Waals surface area contributed by atoms with E-state index in [1.54, 1.807) is 19.2 Å². The summed E-state index contributed by atoms with van der Waals surface area (Å²) in [5.74, 6) is -0.567. The van der Waals surface area contributed by atoms with Gasteiger partial charge in [-0.15, -0.1) is 0 Å². The monoisotopic (exact) mass is 505 g/mol. The van der Waals surface area contributed by atoms with Crippen molar-refractivity contribution in [2.75, 3.05) is 45.2 Å². The number of nitrogens with zero attached hydrogens (tertiary/aromatic N) is 4. The highest BCUT2D eigenvalue weighted by molar-refractivity contribution is 6.31. The van der Waals surface area contributed by atoms with Crippen molar-refractivity contribution in [2.45, 2.75) is 46.6 Å². The summed E-state index contributed by atoms with van der Waals surface area (Å²) >= 11 is 6.09. The number of anilines is 1. The van der Waals surface area contributed by atoms with Gasteiger partial charge in [0.05, 0.1) is 18.5 Å². The standard InChI is InChI=1S/C22H25ClFN5O2.2C2H6/c1-25-21(30)18-7-8-19(20(24)26-18)29-11-9-28(10-12-29)15-4-3-14(13-15)17-6-5-16(23)22(27-17)31-2;2*1-2/h5-8,13,15H,3-4,9-12H2,1-2H3,(H,25,30);2*1-2H3. The molecule has 2 aliphatic rings. The van der Waals surface area contributed by atoms with Gasteiger partial charge < -0.3 is 15.0 Å². The summed E-state index contributed by atoms with van der Waals surface area (Å²) in [7, 11) is 3.06. The van der Waals surface area contributed by atoms with Gasteiger partial charge in [-0.2, -0.15) is 4.39 Å². The van der Waals surface area contributed by atoms with E-state index >= 15 is 0 Å². The Labute approximate surface area is 213 Å². The second-order valence-electron chi connectivity index (χ2n) is 7.59. The van der Waals surface area contributed by atoms with Crippen molar-refractivity contribution in [3.63, 3.8) is 0 Å². The number of carbonyl (C=O) groups is 1. The van der Waals surface area contributed by atoms with Crippen LogP contribution in [0.1, 0.15) is 56.7 Å². The van der Waals surface area contributed by atoms with Crippen molar-refractivity contribution in [1.82, 2.24) is 20.2 Å². The third-order valence-corrected chi connectivity index (χ3v) is 6.14. The van der Waals surface area contributed by atoms with E-state index in [9.17, 15) is 9.18 Å². The van der Waals surface area contributed by atoms with Crippen LogP contribution in [0.25, 0.3) is 5.57 Å². The van der Waals surface area contributed by atoms with E-state index in [0.717, 1.165) is 31.6 Å². The Morgan fingerprint density at radius 3 is 2.37 bits per heavy atom. The van der Waals surface area contributed by atoms with Crippen molar-refractivity contribution in [1.29, 1.82) is 0 Å². The number of nitrogens with one attached hydrogen (secondary N) is 1. The molecule has 1 unspecified atom stereocenters. The van der Waals surface area contributed by atoms with Crippen molar-refractivity contribution in [3.8, 4) is 5.88 Å². The lowest BCUT2D eigenvalue weighted by Gasteiger charge is -2.38. The highest BCUT2D eigenvalue weighted by Crippen LogP contribution is 2.33. The summed E-state index contributed by atoms with van der Waals surface area (Å²) in [5.41, 5.74) is 2.61. The van der Waals surface area contributed by atoms with E-state index < -0.39 is 11.9 Å². The largest absolute Gasteiger partial charge is 0.480 e. The molecular formula is C26H37ClFN5O2. The van der Waals surface area contributed by atoms with Crippen LogP contribution < -0.4 is 15.0 Å². The van der Waals surface area contributed by atoms with Crippen LogP contribution in [0.5, 0.6) is 5.88 Å². The minimum Gasteiger partial charge on any atom is -0.480 e. The number of hydrogen-bond acceptors (Lipinski definition) is 6. The zero-order valence-corrected chi connectivity index (χ0v) is 22.3. The molecule has 1 aliphatic heterocycles. The average Bonchev–Trinajstić information content (AvgIpc) is 3.41. The van der Waals surface area contributed by atoms with Crippen LogP contribution in [-0.2, 0) is 0 Å². The lowest BCUT2D eigenvalue weighted by Crippen LogP contribution is -2.49. The molecule has 9 heteroatoms. The predicted octanol–water partition coefficient (Wildman–Crippen LogP) is 5.06. The number of rotatable bonds is 5. The van der Waals surface area contributed by atoms with Crippen molar-refractivity contribution < 1.29 is 13.9 Å². The highest BCUT2D eigenvalue weighted by atomic mass is 35.5. The van der Waals surface area contributed by atoms with Crippen molar-refractivity contribution in [2.24, 2.45) is 0 Å². The molecule has 0 radical (unpaired) electrons. The SMILES string of the molecule is CC.CC.CNC(=O)c1ccc(N2CCN(C3C=C(c4ccc(Cl)c(OC)n4)CC3)CC2)c(F)n1. The number of halogens is 2. The summed E-state index contributed by atoms with van der Waals surface area (Å²) in [5, 5.41) is 2.96. The molecular weight excluding hydrogens is 469 g/mol. The number of ether oxygens (including phenoxy) is 1. The third kappa shape index (κ3) is 6.92. The summed E-state index contributed by atoms with van der Waals surface area (Å²) in [4.78, 5) is 24.4. The molecule has 2 aromatic heterocycles. The van der Waals surface area contributed by atoms with Gasteiger partial charge in [0.25, 0.3) is 5.91 Å². The van der Waals surface area contributed by atoms with Crippen molar-refractivity contribution >= 4 is 28.8 Å². The molecule has 0 spiro atoms. The maximum Gasteiger partial charge on any atom is 0.269 e. The molecule has 1 fully saturated rings. The Kier molecular flexibility index (Phi) is 11.4. The summed E-state index contributed by atoms with van der Waals surface area (Å²) in [6.45, 7) is 11.0. The molecule has 1 saturated heterocycles. The van der Waals surface area contributed by atoms with Crippen LogP contribution in [-0.4, -0.2) is 67.2 Å². The lowest BCUT2D eigenvalue weighted by atomic mass is 10.1. The van der Waals surface area contributed by atoms with Crippen LogP contribution in [0.3, 0.4) is 0 Å². The minimum absolute atomic E-state index is 0.0819. The lowest BCUT2D eigenvalue weighted by molar-refractivity contribution is 0.0957. The fraction of sp³-hybridized carbons (Fsp3) is 0.500. The number of piperazine rings is 1. The quantitative estimate of drug-likeness (QED) is 0.573. The van der Waals surface area contributed by atoms with E-state index in [2.05, 4.69) is 26.3 Å². The van der Waals surface area contributed by atoms with Crippen LogP contribution in [0.15, 0.2) is 30.3 Å². The van der Waals surface area contributed by atoms with Gasteiger partial charge in [-0.1, -0.05) is 45.4 Å². The first-order valence-corrected chi connectivity index (χ1v) is 12.7. The van der Waals surface area contributed by atoms with Gasteiger partial charge >= 0.3 is 0 Å². The summed E-state index contributed by atoms with van der Waals surface area (Å²) < 4.78 is 19.7. The molecule has 192 valence electrons. The zero-order valence-electron chi connectivity index (χ0n) is 21.6. The number of pyridine rings is 2. The van der Waals surface area contributed by atoms with Crippen LogP contribution in [0.4, 0.5) is 10.1 Å². The smallest absolute Gasteiger partial charge is 0.269 e. The Bertz CT molecular complexity index is 1010. The second kappa shape index (κ2) is 14.0. The van der Waals surface area contributed by atoms with Crippen LogP contribution in [0, 0.1) is 5.95 Å². The number of methoxy groups -OCH3 is 1. The molecule has 0 aromatic carbocycles. The van der Waals surface area contributed by atoms with Crippen LogP contribution >= 0.6 is 11.6 Å². The molecule has 2 aromatic rings. The number of hydrogen-bond donors (Lipinski definition) is 1. The van der Waals surface area contributed by atoms with Gasteiger partial charge in [-0.3, -0.25) is 9.69 Å². The first kappa shape index (κ1) is 28.5. The molecule has 1 amide bonds. The van der Waals surface area contributed by atoms with Crippen LogP contribution in [0.2, 0.25) is 5.02 Å². The molecule has 35 heavy (non-hydrogen) atoms. The minimum atomic E-state index is -0.611. The number of carbonyl (C=O) groups excluding carboxylic acids is 1. The summed E-state index contributed by atoms with van der Waals surface area (Å²) in [6, 6.07) is 7.26. The topological polar surface area (TPSA) is 70.6 Å². The fourth-order valence-corrected chi connectivity index (χ4v) is 4.34. The molecule has 1 atom stereocenters. The van der Waals surface area contributed by atoms with Gasteiger partial charge in [0, 0.05) is 39.3 Å². The zero-order chi connectivity index (χ0) is 26.0. The third-order valence-electron chi connectivity index (χ3n) is 5.85. The summed E-state index contributed by atoms with van der Waals surface area (Å²) in [6.07, 6.45) is 4.24. The first-order valence-electron chi connectivity index (χ1n) is 12.3. The average molecular weight is 506 g/mol. The van der Waals surface area contributed by atoms with E-state index in [0.29, 0.717) is 35.7 Å². The van der Waals surface area contributed by atoms with Gasteiger partial charge in [0.2, 0.25) is 11.8 Å². The van der Waals surface area contributed by atoms with Gasteiger partial charge in [0.15, 0.2) is 0 Å². The first-order chi connectivity index (χ1) is 17.0. The Balaban J connectivity index is 0.00000103. The molecule has 0 bridgehead atoms. The number of aromatic nitrogens is 2. The van der Waals surface area contributed by atoms with E-state index in [1.807, 2.05) is 44.7 Å². The van der Waals surface area contributed by atoms with E-state index in [1.165, 1.54) is 12.6 Å². The van der Waals surface area contributed by atoms with Gasteiger partial charge in [-0.25, -0.2) is 9.97 Å². The maximum atomic E-state index is 14.5. The molecule has 3 heterocycles. The number of allylic oxidation sites excluding steroid dienone is 1. The Hall–Kier alpha value is -2.71. The van der Waals surface area contributed by atoms with Gasteiger partial charge in [-0.05, 0) is 42.7 Å². The Morgan fingerprint density at radius 1 is 1.09 bits per heavy atom.